The smallest absolute Gasteiger partial charge is 0.206 e. The maximum Gasteiger partial charge on any atom is 0.206 e. The first-order chi connectivity index (χ1) is 5.18. The van der Waals surface area contributed by atoms with Gasteiger partial charge in [-0.25, -0.2) is 0 Å². The molecule has 0 spiro atoms. The molecule has 62 valence electrons. The molecular weight excluding hydrogens is 230 g/mol. The van der Waals surface area contributed by atoms with E-state index in [2.05, 4.69) is 31.4 Å². The Labute approximate surface area is 76.8 Å². The lowest BCUT2D eigenvalue weighted by atomic mass is 10.4. The number of rotatable bonds is 3. The molecule has 11 heavy (non-hydrogen) atoms. The molecule has 6 heteroatoms. The second-order valence-electron chi connectivity index (χ2n) is 2.09. The van der Waals surface area contributed by atoms with Crippen LogP contribution in [0.3, 0.4) is 0 Å². The lowest BCUT2D eigenvalue weighted by molar-refractivity contribution is 0.208. The molecule has 0 aliphatic heterocycles. The number of nitrogens with one attached hydrogen (secondary N) is 1. The molecular formula is C5H8BrN3OS. The monoisotopic (exact) mass is 237 g/mol. The van der Waals surface area contributed by atoms with E-state index < -0.39 is 0 Å². The molecule has 1 atom stereocenters. The van der Waals surface area contributed by atoms with Crippen molar-refractivity contribution < 1.29 is 5.11 Å². The van der Waals surface area contributed by atoms with Crippen molar-refractivity contribution in [3.05, 3.63) is 3.92 Å². The largest absolute Gasteiger partial charge is 0.392 e. The average molecular weight is 238 g/mol. The van der Waals surface area contributed by atoms with Gasteiger partial charge in [0, 0.05) is 6.54 Å². The fourth-order valence-electron chi connectivity index (χ4n) is 0.512. The van der Waals surface area contributed by atoms with Crippen LogP contribution in [0.2, 0.25) is 0 Å². The van der Waals surface area contributed by atoms with Crippen molar-refractivity contribution in [3.63, 3.8) is 0 Å². The third-order valence-corrected chi connectivity index (χ3v) is 2.26. The molecule has 0 fully saturated rings. The number of aliphatic hydroxyl groups is 1. The van der Waals surface area contributed by atoms with E-state index in [-0.39, 0.29) is 6.10 Å². The van der Waals surface area contributed by atoms with Gasteiger partial charge in [-0.05, 0) is 22.9 Å². The third kappa shape index (κ3) is 3.13. The van der Waals surface area contributed by atoms with Gasteiger partial charge >= 0.3 is 0 Å². The minimum atomic E-state index is -0.363. The minimum Gasteiger partial charge on any atom is -0.392 e. The Bertz CT molecular complexity index is 227. The van der Waals surface area contributed by atoms with Crippen LogP contribution in [0.4, 0.5) is 5.13 Å². The van der Waals surface area contributed by atoms with Crippen molar-refractivity contribution >= 4 is 32.4 Å². The van der Waals surface area contributed by atoms with Gasteiger partial charge in [0.05, 0.1) is 6.10 Å². The van der Waals surface area contributed by atoms with Crippen molar-refractivity contribution in [1.82, 2.24) is 10.2 Å². The summed E-state index contributed by atoms with van der Waals surface area (Å²) < 4.78 is 0.741. The minimum absolute atomic E-state index is 0.363. The number of anilines is 1. The molecule has 2 N–H and O–H groups in total. The highest BCUT2D eigenvalue weighted by Crippen LogP contribution is 2.19. The van der Waals surface area contributed by atoms with Gasteiger partial charge in [-0.1, -0.05) is 11.3 Å². The lowest BCUT2D eigenvalue weighted by Gasteiger charge is -2.02. The fraction of sp³-hybridized carbons (Fsp3) is 0.600. The second-order valence-corrected chi connectivity index (χ2v) is 4.34. The molecule has 0 bridgehead atoms. The normalized spacial score (nSPS) is 13.0. The molecule has 0 amide bonds. The van der Waals surface area contributed by atoms with E-state index in [1.807, 2.05) is 0 Å². The summed E-state index contributed by atoms with van der Waals surface area (Å²) in [6.45, 7) is 2.21. The Balaban J connectivity index is 2.39. The predicted molar refractivity (Wildman–Crippen MR) is 47.8 cm³/mol. The molecule has 4 nitrogen and oxygen atoms in total. The zero-order valence-electron chi connectivity index (χ0n) is 5.91. The molecule has 0 saturated heterocycles. The summed E-state index contributed by atoms with van der Waals surface area (Å²) in [4.78, 5) is 0. The van der Waals surface area contributed by atoms with E-state index in [0.717, 1.165) is 9.05 Å². The zero-order chi connectivity index (χ0) is 8.27. The third-order valence-electron chi connectivity index (χ3n) is 0.949. The number of aliphatic hydroxyl groups excluding tert-OH is 1. The Morgan fingerprint density at radius 2 is 2.45 bits per heavy atom. The van der Waals surface area contributed by atoms with Crippen LogP contribution in [0.1, 0.15) is 6.92 Å². The van der Waals surface area contributed by atoms with Gasteiger partial charge in [0.2, 0.25) is 5.13 Å². The van der Waals surface area contributed by atoms with Gasteiger partial charge in [-0.3, -0.25) is 0 Å². The van der Waals surface area contributed by atoms with Crippen LogP contribution < -0.4 is 5.32 Å². The molecule has 1 unspecified atom stereocenters. The Morgan fingerprint density at radius 1 is 1.73 bits per heavy atom. The first-order valence-electron chi connectivity index (χ1n) is 3.09. The van der Waals surface area contributed by atoms with Crippen LogP contribution in [0.5, 0.6) is 0 Å². The molecule has 0 aliphatic carbocycles. The summed E-state index contributed by atoms with van der Waals surface area (Å²) in [5.41, 5.74) is 0. The highest BCUT2D eigenvalue weighted by molar-refractivity contribution is 9.11. The van der Waals surface area contributed by atoms with E-state index in [9.17, 15) is 0 Å². The van der Waals surface area contributed by atoms with Crippen molar-refractivity contribution in [1.29, 1.82) is 0 Å². The number of nitrogens with zero attached hydrogens (tertiary/aromatic N) is 2. The summed E-state index contributed by atoms with van der Waals surface area (Å²) in [5.74, 6) is 0. The zero-order valence-corrected chi connectivity index (χ0v) is 8.31. The molecule has 1 aromatic rings. The van der Waals surface area contributed by atoms with E-state index in [0.29, 0.717) is 6.54 Å². The van der Waals surface area contributed by atoms with E-state index in [1.165, 1.54) is 11.3 Å². The van der Waals surface area contributed by atoms with Gasteiger partial charge < -0.3 is 10.4 Å². The first kappa shape index (κ1) is 8.89. The fourth-order valence-corrected chi connectivity index (χ4v) is 1.53. The van der Waals surface area contributed by atoms with E-state index in [4.69, 9.17) is 5.11 Å². The van der Waals surface area contributed by atoms with E-state index >= 15 is 0 Å². The Morgan fingerprint density at radius 3 is 2.91 bits per heavy atom. The van der Waals surface area contributed by atoms with Crippen LogP contribution in [-0.4, -0.2) is 28.0 Å². The van der Waals surface area contributed by atoms with Gasteiger partial charge in [0.25, 0.3) is 0 Å². The predicted octanol–water partition coefficient (Wildman–Crippen LogP) is 1.09. The van der Waals surface area contributed by atoms with Crippen molar-refractivity contribution in [2.24, 2.45) is 0 Å². The summed E-state index contributed by atoms with van der Waals surface area (Å²) in [7, 11) is 0. The van der Waals surface area contributed by atoms with Crippen LogP contribution in [0.25, 0.3) is 0 Å². The van der Waals surface area contributed by atoms with Gasteiger partial charge in [-0.15, -0.1) is 10.2 Å². The standard InChI is InChI=1S/C5H8BrN3OS/c1-3(10)2-7-5-9-8-4(6)11-5/h3,10H,2H2,1H3,(H,7,9). The molecule has 0 radical (unpaired) electrons. The number of hydrogen-bond acceptors (Lipinski definition) is 5. The summed E-state index contributed by atoms with van der Waals surface area (Å²) in [6, 6.07) is 0. The molecule has 1 rings (SSSR count). The summed E-state index contributed by atoms with van der Waals surface area (Å²) in [6.07, 6.45) is -0.363. The van der Waals surface area contributed by atoms with Crippen molar-refractivity contribution in [2.75, 3.05) is 11.9 Å². The van der Waals surface area contributed by atoms with Gasteiger partial charge in [-0.2, -0.15) is 0 Å². The number of aromatic nitrogens is 2. The van der Waals surface area contributed by atoms with Crippen LogP contribution in [-0.2, 0) is 0 Å². The number of hydrogen-bond donors (Lipinski definition) is 2. The number of halogens is 1. The molecule has 0 saturated carbocycles. The molecule has 0 aromatic carbocycles. The van der Waals surface area contributed by atoms with Crippen molar-refractivity contribution in [2.45, 2.75) is 13.0 Å². The lowest BCUT2D eigenvalue weighted by Crippen LogP contribution is -2.14. The maximum atomic E-state index is 8.90. The molecule has 1 aromatic heterocycles. The first-order valence-corrected chi connectivity index (χ1v) is 4.70. The van der Waals surface area contributed by atoms with Gasteiger partial charge in [0.1, 0.15) is 0 Å². The summed E-state index contributed by atoms with van der Waals surface area (Å²) in [5, 5.41) is 20.1. The van der Waals surface area contributed by atoms with Gasteiger partial charge in [0.15, 0.2) is 3.92 Å². The average Bonchev–Trinajstić information content (AvgIpc) is 2.31. The maximum absolute atomic E-state index is 8.90. The SMILES string of the molecule is CC(O)CNc1nnc(Br)s1. The summed E-state index contributed by atoms with van der Waals surface area (Å²) >= 11 is 4.58. The molecule has 1 heterocycles. The topological polar surface area (TPSA) is 58.0 Å². The second kappa shape index (κ2) is 3.99. The van der Waals surface area contributed by atoms with Crippen molar-refractivity contribution in [3.8, 4) is 0 Å². The Hall–Kier alpha value is -0.200. The Kier molecular flexibility index (Phi) is 3.22. The quantitative estimate of drug-likeness (QED) is 0.827. The van der Waals surface area contributed by atoms with Crippen LogP contribution >= 0.6 is 27.3 Å². The molecule has 0 aliphatic rings. The van der Waals surface area contributed by atoms with Crippen LogP contribution in [0.15, 0.2) is 3.92 Å². The highest BCUT2D eigenvalue weighted by atomic mass is 79.9. The van der Waals surface area contributed by atoms with Crippen LogP contribution in [0, 0.1) is 0 Å². The highest BCUT2D eigenvalue weighted by Gasteiger charge is 2.00. The van der Waals surface area contributed by atoms with E-state index in [1.54, 1.807) is 6.92 Å².